The summed E-state index contributed by atoms with van der Waals surface area (Å²) in [4.78, 5) is 16.9. The van der Waals surface area contributed by atoms with Crippen molar-refractivity contribution in [2.24, 2.45) is 5.92 Å². The van der Waals surface area contributed by atoms with Crippen molar-refractivity contribution in [2.45, 2.75) is 70.7 Å². The number of nitrogens with one attached hydrogen (secondary N) is 1. The van der Waals surface area contributed by atoms with Crippen LogP contribution in [0.1, 0.15) is 74.2 Å². The van der Waals surface area contributed by atoms with E-state index in [9.17, 15) is 4.79 Å². The summed E-state index contributed by atoms with van der Waals surface area (Å²) in [7, 11) is 1.93. The van der Waals surface area contributed by atoms with Crippen molar-refractivity contribution in [3.63, 3.8) is 0 Å². The van der Waals surface area contributed by atoms with Crippen LogP contribution in [0.4, 0.5) is 11.5 Å². The number of anilines is 2. The standard InChI is InChI=1S/C14H19NO2.C10H12N2O2.C5H10/c1-15-12-5-6-13-11(9-12)10-16-14(17-13)7-3-2-4-8-14;13-8-9-1-2-11-10(7-9)12-3-5-14-6-4-12;1-5-3-2-4-5/h5-6,9,15H,2-4,7-8,10H2,1H3;1-2,7-8H,3-6H2;5H,2-4H2,1H3. The Kier molecular flexibility index (Phi) is 9.59. The van der Waals surface area contributed by atoms with Gasteiger partial charge in [0, 0.05) is 56.0 Å². The van der Waals surface area contributed by atoms with Crippen molar-refractivity contribution in [1.82, 2.24) is 4.98 Å². The van der Waals surface area contributed by atoms with E-state index >= 15 is 0 Å². The van der Waals surface area contributed by atoms with Gasteiger partial charge in [-0.3, -0.25) is 4.79 Å². The predicted octanol–water partition coefficient (Wildman–Crippen LogP) is 5.83. The fraction of sp³-hybridized carbons (Fsp3) is 0.586. The number of carbonyl (C=O) groups excluding carboxylic acids is 1. The highest BCUT2D eigenvalue weighted by atomic mass is 16.7. The molecule has 6 rings (SSSR count). The van der Waals surface area contributed by atoms with Crippen molar-refractivity contribution >= 4 is 17.8 Å². The fourth-order valence-corrected chi connectivity index (χ4v) is 4.81. The molecule has 7 nitrogen and oxygen atoms in total. The molecule has 2 aromatic rings. The van der Waals surface area contributed by atoms with Gasteiger partial charge in [0.15, 0.2) is 0 Å². The van der Waals surface area contributed by atoms with Gasteiger partial charge in [0.2, 0.25) is 5.79 Å². The van der Waals surface area contributed by atoms with Crippen LogP contribution in [0, 0.1) is 5.92 Å². The van der Waals surface area contributed by atoms with Crippen molar-refractivity contribution < 1.29 is 19.0 Å². The number of hydrogen-bond acceptors (Lipinski definition) is 7. The van der Waals surface area contributed by atoms with E-state index in [-0.39, 0.29) is 5.79 Å². The van der Waals surface area contributed by atoms with Crippen molar-refractivity contribution in [3.05, 3.63) is 47.7 Å². The Morgan fingerprint density at radius 2 is 1.81 bits per heavy atom. The predicted molar refractivity (Wildman–Crippen MR) is 143 cm³/mol. The van der Waals surface area contributed by atoms with E-state index in [1.54, 1.807) is 18.3 Å². The highest BCUT2D eigenvalue weighted by molar-refractivity contribution is 5.76. The van der Waals surface area contributed by atoms with Crippen LogP contribution in [0.3, 0.4) is 0 Å². The molecule has 2 aliphatic heterocycles. The maximum atomic E-state index is 10.6. The Balaban J connectivity index is 0.000000144. The van der Waals surface area contributed by atoms with Gasteiger partial charge in [0.1, 0.15) is 17.9 Å². The van der Waals surface area contributed by atoms with Gasteiger partial charge in [0.25, 0.3) is 0 Å². The summed E-state index contributed by atoms with van der Waals surface area (Å²) >= 11 is 0. The third-order valence-corrected chi connectivity index (χ3v) is 7.39. The number of carbonyl (C=O) groups is 1. The lowest BCUT2D eigenvalue weighted by Crippen LogP contribution is -2.43. The summed E-state index contributed by atoms with van der Waals surface area (Å²) in [6.45, 7) is 6.12. The van der Waals surface area contributed by atoms with Gasteiger partial charge >= 0.3 is 0 Å². The molecule has 1 aromatic carbocycles. The summed E-state index contributed by atoms with van der Waals surface area (Å²) in [6, 6.07) is 9.72. The number of benzene rings is 1. The summed E-state index contributed by atoms with van der Waals surface area (Å²) in [6.07, 6.45) is 12.7. The molecule has 1 N–H and O–H groups in total. The average Bonchev–Trinajstić information content (AvgIpc) is 2.93. The second kappa shape index (κ2) is 13.1. The number of pyridine rings is 1. The monoisotopic (exact) mass is 495 g/mol. The second-order valence-electron chi connectivity index (χ2n) is 10.1. The van der Waals surface area contributed by atoms with Crippen LogP contribution in [0.25, 0.3) is 0 Å². The highest BCUT2D eigenvalue weighted by Gasteiger charge is 2.38. The molecule has 4 aliphatic rings. The van der Waals surface area contributed by atoms with Gasteiger partial charge in [-0.05, 0) is 49.1 Å². The van der Waals surface area contributed by atoms with E-state index in [0.29, 0.717) is 12.2 Å². The summed E-state index contributed by atoms with van der Waals surface area (Å²) in [5.41, 5.74) is 2.92. The third-order valence-electron chi connectivity index (χ3n) is 7.39. The summed E-state index contributed by atoms with van der Waals surface area (Å²) < 4.78 is 17.3. The van der Waals surface area contributed by atoms with Crippen LogP contribution in [0.15, 0.2) is 36.5 Å². The first-order chi connectivity index (χ1) is 17.6. The first kappa shape index (κ1) is 26.4. The number of hydrogen-bond donors (Lipinski definition) is 1. The van der Waals surface area contributed by atoms with E-state index in [4.69, 9.17) is 14.2 Å². The number of rotatable bonds is 3. The number of morpholine rings is 1. The second-order valence-corrected chi connectivity index (χ2v) is 10.1. The lowest BCUT2D eigenvalue weighted by molar-refractivity contribution is -0.222. The molecule has 0 bridgehead atoms. The van der Waals surface area contributed by atoms with Gasteiger partial charge < -0.3 is 24.4 Å². The number of aldehydes is 1. The first-order valence-electron chi connectivity index (χ1n) is 13.5. The minimum Gasteiger partial charge on any atom is -0.462 e. The number of ether oxygens (including phenoxy) is 3. The summed E-state index contributed by atoms with van der Waals surface area (Å²) in [5.74, 6) is 2.59. The van der Waals surface area contributed by atoms with Gasteiger partial charge in [-0.15, -0.1) is 0 Å². The number of aromatic nitrogens is 1. The molecule has 0 radical (unpaired) electrons. The molecular weight excluding hydrogens is 454 g/mol. The molecule has 3 heterocycles. The molecule has 0 unspecified atom stereocenters. The van der Waals surface area contributed by atoms with Gasteiger partial charge in [-0.1, -0.05) is 32.6 Å². The van der Waals surface area contributed by atoms with Crippen LogP contribution in [-0.4, -0.2) is 50.4 Å². The van der Waals surface area contributed by atoms with Gasteiger partial charge in [0.05, 0.1) is 19.8 Å². The normalized spacial score (nSPS) is 20.3. The molecule has 7 heteroatoms. The zero-order chi connectivity index (χ0) is 25.2. The molecule has 2 saturated carbocycles. The maximum Gasteiger partial charge on any atom is 0.210 e. The molecule has 0 atom stereocenters. The van der Waals surface area contributed by atoms with E-state index in [1.807, 2.05) is 7.05 Å². The highest BCUT2D eigenvalue weighted by Crippen LogP contribution is 2.40. The molecule has 36 heavy (non-hydrogen) atoms. The topological polar surface area (TPSA) is 72.9 Å². The van der Waals surface area contributed by atoms with E-state index in [0.717, 1.165) is 74.2 Å². The average molecular weight is 496 g/mol. The van der Waals surface area contributed by atoms with Crippen molar-refractivity contribution in [2.75, 3.05) is 43.6 Å². The quantitative estimate of drug-likeness (QED) is 0.537. The van der Waals surface area contributed by atoms with Crippen LogP contribution < -0.4 is 15.0 Å². The molecule has 1 saturated heterocycles. The molecular formula is C29H41N3O4. The van der Waals surface area contributed by atoms with Gasteiger partial charge in [-0.2, -0.15) is 0 Å². The largest absolute Gasteiger partial charge is 0.462 e. The lowest BCUT2D eigenvalue weighted by Gasteiger charge is -2.41. The fourth-order valence-electron chi connectivity index (χ4n) is 4.81. The molecule has 1 aromatic heterocycles. The van der Waals surface area contributed by atoms with Gasteiger partial charge in [-0.25, -0.2) is 4.98 Å². The van der Waals surface area contributed by atoms with E-state index in [1.165, 1.54) is 38.5 Å². The lowest BCUT2D eigenvalue weighted by atomic mass is 9.88. The maximum absolute atomic E-state index is 10.6. The smallest absolute Gasteiger partial charge is 0.210 e. The number of nitrogens with zero attached hydrogens (tertiary/aromatic N) is 2. The number of fused-ring (bicyclic) bond motifs is 1. The van der Waals surface area contributed by atoms with Crippen LogP contribution in [0.2, 0.25) is 0 Å². The third kappa shape index (κ3) is 7.20. The van der Waals surface area contributed by atoms with Crippen molar-refractivity contribution in [1.29, 1.82) is 0 Å². The first-order valence-corrected chi connectivity index (χ1v) is 13.5. The van der Waals surface area contributed by atoms with Crippen LogP contribution >= 0.6 is 0 Å². The minimum atomic E-state index is -0.327. The Bertz CT molecular complexity index is 967. The Morgan fingerprint density at radius 1 is 1.06 bits per heavy atom. The SMILES string of the molecule is CC1CCC1.CNc1ccc2c(c1)COC1(CCCCC1)O2.O=Cc1ccnc(N2CCOCC2)c1. The molecule has 3 fully saturated rings. The Hall–Kier alpha value is -2.64. The van der Waals surface area contributed by atoms with Crippen LogP contribution in [0.5, 0.6) is 5.75 Å². The van der Waals surface area contributed by atoms with Crippen molar-refractivity contribution in [3.8, 4) is 5.75 Å². The molecule has 0 amide bonds. The Labute approximate surface area is 215 Å². The Morgan fingerprint density at radius 3 is 2.44 bits per heavy atom. The molecule has 2 aliphatic carbocycles. The zero-order valence-electron chi connectivity index (χ0n) is 21.8. The molecule has 196 valence electrons. The summed E-state index contributed by atoms with van der Waals surface area (Å²) in [5, 5.41) is 3.14. The minimum absolute atomic E-state index is 0.327. The zero-order valence-corrected chi connectivity index (χ0v) is 21.8. The molecule has 1 spiro atoms. The van der Waals surface area contributed by atoms with Crippen LogP contribution in [-0.2, 0) is 16.1 Å². The van der Waals surface area contributed by atoms with E-state index < -0.39 is 0 Å². The van der Waals surface area contributed by atoms with E-state index in [2.05, 4.69) is 40.3 Å².